The number of nitrogens with zero attached hydrogens (tertiary/aromatic N) is 2. The quantitative estimate of drug-likeness (QED) is 0.569. The third-order valence-electron chi connectivity index (χ3n) is 5.40. The zero-order valence-electron chi connectivity index (χ0n) is 15.6. The summed E-state index contributed by atoms with van der Waals surface area (Å²) in [7, 11) is 0. The Bertz CT molecular complexity index is 1040. The van der Waals surface area contributed by atoms with E-state index in [0.29, 0.717) is 34.2 Å². The Morgan fingerprint density at radius 2 is 1.83 bits per heavy atom. The number of carbonyl (C=O) groups is 1. The van der Waals surface area contributed by atoms with Gasteiger partial charge in [-0.3, -0.25) is 4.90 Å². The van der Waals surface area contributed by atoms with Gasteiger partial charge in [-0.15, -0.1) is 0 Å². The average Bonchev–Trinajstić information content (AvgIpc) is 3.06. The zero-order valence-corrected chi connectivity index (χ0v) is 17.1. The summed E-state index contributed by atoms with van der Waals surface area (Å²) in [5.41, 5.74) is 2.34. The van der Waals surface area contributed by atoms with Gasteiger partial charge >= 0.3 is 5.97 Å². The van der Waals surface area contributed by atoms with Crippen LogP contribution in [0.3, 0.4) is 0 Å². The van der Waals surface area contributed by atoms with Gasteiger partial charge < -0.3 is 20.1 Å². The van der Waals surface area contributed by atoms with Crippen LogP contribution < -0.4 is 4.90 Å². The van der Waals surface area contributed by atoms with Crippen LogP contribution in [0.4, 0.5) is 5.69 Å². The van der Waals surface area contributed by atoms with Gasteiger partial charge in [0.2, 0.25) is 0 Å². The highest BCUT2D eigenvalue weighted by molar-refractivity contribution is 6.33. The lowest BCUT2D eigenvalue weighted by atomic mass is 10.1. The van der Waals surface area contributed by atoms with Crippen LogP contribution in [0.5, 0.6) is 0 Å². The van der Waals surface area contributed by atoms with Crippen molar-refractivity contribution >= 4 is 45.8 Å². The Balaban J connectivity index is 1.50. The smallest absolute Gasteiger partial charge is 0.352 e. The number of carboxylic acid groups (broad SMARTS) is 1. The predicted octanol–water partition coefficient (Wildman–Crippen LogP) is 3.86. The van der Waals surface area contributed by atoms with Crippen LogP contribution in [-0.2, 0) is 6.42 Å². The molecule has 2 aromatic carbocycles. The molecule has 2 heterocycles. The van der Waals surface area contributed by atoms with Crippen molar-refractivity contribution in [2.24, 2.45) is 0 Å². The van der Waals surface area contributed by atoms with E-state index in [2.05, 4.69) is 9.88 Å². The number of piperazine rings is 1. The van der Waals surface area contributed by atoms with Gasteiger partial charge in [-0.1, -0.05) is 35.3 Å². The van der Waals surface area contributed by atoms with Gasteiger partial charge in [0.05, 0.1) is 10.7 Å². The first kappa shape index (κ1) is 20.0. The Morgan fingerprint density at radius 3 is 2.52 bits per heavy atom. The van der Waals surface area contributed by atoms with Crippen molar-refractivity contribution in [3.05, 3.63) is 63.8 Å². The number of rotatable bonds is 5. The molecule has 1 atom stereocenters. The Kier molecular flexibility index (Phi) is 5.69. The fourth-order valence-corrected chi connectivity index (χ4v) is 4.32. The predicted molar refractivity (Wildman–Crippen MR) is 115 cm³/mol. The van der Waals surface area contributed by atoms with Gasteiger partial charge in [-0.25, -0.2) is 4.79 Å². The summed E-state index contributed by atoms with van der Waals surface area (Å²) in [6, 6.07) is 12.9. The van der Waals surface area contributed by atoms with E-state index in [4.69, 9.17) is 23.2 Å². The molecule has 0 saturated carbocycles. The van der Waals surface area contributed by atoms with Crippen LogP contribution in [0.2, 0.25) is 10.0 Å². The summed E-state index contributed by atoms with van der Waals surface area (Å²) in [6.45, 7) is 2.76. The monoisotopic (exact) mass is 433 g/mol. The minimum atomic E-state index is -1.05. The molecule has 152 valence electrons. The van der Waals surface area contributed by atoms with Crippen LogP contribution in [-0.4, -0.2) is 58.5 Å². The van der Waals surface area contributed by atoms with Crippen molar-refractivity contribution in [3.63, 3.8) is 0 Å². The lowest BCUT2D eigenvalue weighted by Gasteiger charge is -2.38. The molecule has 1 saturated heterocycles. The van der Waals surface area contributed by atoms with E-state index in [1.807, 2.05) is 29.2 Å². The number of benzene rings is 2. The van der Waals surface area contributed by atoms with E-state index in [0.717, 1.165) is 24.2 Å². The summed E-state index contributed by atoms with van der Waals surface area (Å²) >= 11 is 12.4. The lowest BCUT2D eigenvalue weighted by molar-refractivity contribution is 0.00117. The van der Waals surface area contributed by atoms with Gasteiger partial charge in [0.15, 0.2) is 0 Å². The third-order valence-corrected chi connectivity index (χ3v) is 5.95. The summed E-state index contributed by atoms with van der Waals surface area (Å²) in [4.78, 5) is 18.8. The maximum Gasteiger partial charge on any atom is 0.352 e. The number of aliphatic hydroxyl groups excluding tert-OH is 1. The molecule has 3 N–H and O–H groups in total. The zero-order chi connectivity index (χ0) is 20.5. The van der Waals surface area contributed by atoms with Crippen molar-refractivity contribution in [1.82, 2.24) is 9.88 Å². The number of carboxylic acids is 1. The number of aliphatic hydroxyl groups is 1. The molecule has 0 spiro atoms. The molecule has 1 aromatic heterocycles. The minimum Gasteiger partial charge on any atom is -0.477 e. The number of hydrogen-bond donors (Lipinski definition) is 3. The molecule has 6 nitrogen and oxygen atoms in total. The molecule has 1 aliphatic rings. The Labute approximate surface area is 178 Å². The van der Waals surface area contributed by atoms with Gasteiger partial charge in [0.1, 0.15) is 11.9 Å². The third kappa shape index (κ3) is 4.07. The first-order valence-corrected chi connectivity index (χ1v) is 10.1. The van der Waals surface area contributed by atoms with Crippen LogP contribution in [0.1, 0.15) is 16.1 Å². The van der Waals surface area contributed by atoms with E-state index in [1.54, 1.807) is 18.2 Å². The molecular weight excluding hydrogens is 413 g/mol. The minimum absolute atomic E-state index is 0.0935. The van der Waals surface area contributed by atoms with E-state index in [1.165, 1.54) is 0 Å². The van der Waals surface area contributed by atoms with E-state index in [-0.39, 0.29) is 12.1 Å². The first-order chi connectivity index (χ1) is 13.9. The molecule has 3 aromatic rings. The van der Waals surface area contributed by atoms with Crippen molar-refractivity contribution in [2.75, 3.05) is 31.1 Å². The first-order valence-electron chi connectivity index (χ1n) is 9.39. The maximum absolute atomic E-state index is 11.7. The summed E-state index contributed by atoms with van der Waals surface area (Å²) < 4.78 is 0. The number of aromatic carboxylic acids is 1. The number of halogens is 2. The second-order valence-electron chi connectivity index (χ2n) is 7.13. The Hall–Kier alpha value is -2.25. The normalized spacial score (nSPS) is 16.3. The highest BCUT2D eigenvalue weighted by Crippen LogP contribution is 2.29. The van der Waals surface area contributed by atoms with Crippen LogP contribution in [0.15, 0.2) is 42.5 Å². The molecular formula is C21H21Cl2N3O3. The number of fused-ring (bicyclic) bond motifs is 1. The topological polar surface area (TPSA) is 79.8 Å². The summed E-state index contributed by atoms with van der Waals surface area (Å²) in [6.07, 6.45) is -0.590. The van der Waals surface area contributed by atoms with Crippen molar-refractivity contribution in [1.29, 1.82) is 0 Å². The second kappa shape index (κ2) is 8.24. The van der Waals surface area contributed by atoms with Crippen molar-refractivity contribution in [3.8, 4) is 0 Å². The van der Waals surface area contributed by atoms with Crippen molar-refractivity contribution < 1.29 is 15.0 Å². The molecule has 0 radical (unpaired) electrons. The average molecular weight is 434 g/mol. The number of aromatic amines is 1. The van der Waals surface area contributed by atoms with Gasteiger partial charge in [0, 0.05) is 48.5 Å². The molecule has 4 rings (SSSR count). The summed E-state index contributed by atoms with van der Waals surface area (Å²) in [5, 5.41) is 22.4. The van der Waals surface area contributed by atoms with Crippen LogP contribution >= 0.6 is 23.2 Å². The van der Waals surface area contributed by atoms with Gasteiger partial charge in [-0.2, -0.15) is 0 Å². The fourth-order valence-electron chi connectivity index (χ4n) is 3.90. The van der Waals surface area contributed by atoms with Crippen molar-refractivity contribution in [2.45, 2.75) is 12.6 Å². The molecule has 1 aliphatic heterocycles. The maximum atomic E-state index is 11.7. The molecule has 0 amide bonds. The standard InChI is InChI=1S/C21H21Cl2N3O3/c22-13-5-6-17-14(11-13)15(20(24-17)21(28)29)12-19(27)26-9-7-25(8-10-26)18-4-2-1-3-16(18)23/h1-6,11,19,24,27H,7-10,12H2,(H,28,29). The van der Waals surface area contributed by atoms with Gasteiger partial charge in [0.25, 0.3) is 0 Å². The molecule has 1 fully saturated rings. The second-order valence-corrected chi connectivity index (χ2v) is 7.98. The molecule has 8 heteroatoms. The van der Waals surface area contributed by atoms with E-state index >= 15 is 0 Å². The number of anilines is 1. The number of nitrogens with one attached hydrogen (secondary N) is 1. The SMILES string of the molecule is O=C(O)c1[nH]c2ccc(Cl)cc2c1CC(O)N1CCN(c2ccccc2Cl)CC1. The van der Waals surface area contributed by atoms with Crippen LogP contribution in [0, 0.1) is 0 Å². The van der Waals surface area contributed by atoms with E-state index in [9.17, 15) is 15.0 Å². The molecule has 0 aliphatic carbocycles. The van der Waals surface area contributed by atoms with Crippen LogP contribution in [0.25, 0.3) is 10.9 Å². The highest BCUT2D eigenvalue weighted by Gasteiger charge is 2.26. The number of para-hydroxylation sites is 1. The fraction of sp³-hybridized carbons (Fsp3) is 0.286. The molecule has 1 unspecified atom stereocenters. The number of aromatic nitrogens is 1. The lowest BCUT2D eigenvalue weighted by Crippen LogP contribution is -2.51. The largest absolute Gasteiger partial charge is 0.477 e. The summed E-state index contributed by atoms with van der Waals surface area (Å²) in [5.74, 6) is -1.05. The highest BCUT2D eigenvalue weighted by atomic mass is 35.5. The number of hydrogen-bond acceptors (Lipinski definition) is 4. The number of H-pyrrole nitrogens is 1. The molecule has 0 bridgehead atoms. The molecule has 29 heavy (non-hydrogen) atoms. The van der Waals surface area contributed by atoms with Gasteiger partial charge in [-0.05, 0) is 35.9 Å². The Morgan fingerprint density at radius 1 is 1.10 bits per heavy atom. The van der Waals surface area contributed by atoms with E-state index < -0.39 is 12.2 Å².